The van der Waals surface area contributed by atoms with Crippen LogP contribution in [-0.4, -0.2) is 42.5 Å². The Hall–Kier alpha value is -3.40. The Bertz CT molecular complexity index is 1240. The SMILES string of the molecule is COc1c(-c2ccc(N3C[C@@H](C)O[C@@H](C)C3)cc2)cnc2c1CCCC2(O)c1ccc(C#N)cc1. The topological polar surface area (TPSA) is 78.6 Å². The van der Waals surface area contributed by atoms with E-state index in [4.69, 9.17) is 19.7 Å². The van der Waals surface area contributed by atoms with Gasteiger partial charge >= 0.3 is 0 Å². The average Bonchev–Trinajstić information content (AvgIpc) is 2.88. The molecule has 1 fully saturated rings. The zero-order chi connectivity index (χ0) is 24.6. The first-order valence-electron chi connectivity index (χ1n) is 12.2. The van der Waals surface area contributed by atoms with Crippen LogP contribution in [0.5, 0.6) is 5.75 Å². The summed E-state index contributed by atoms with van der Waals surface area (Å²) in [5, 5.41) is 20.9. The molecule has 2 aliphatic rings. The van der Waals surface area contributed by atoms with Gasteiger partial charge in [-0.2, -0.15) is 5.26 Å². The fourth-order valence-corrected chi connectivity index (χ4v) is 5.54. The number of morpholine rings is 1. The predicted molar refractivity (Wildman–Crippen MR) is 136 cm³/mol. The third-order valence-electron chi connectivity index (χ3n) is 7.14. The van der Waals surface area contributed by atoms with E-state index in [0.717, 1.165) is 53.9 Å². The van der Waals surface area contributed by atoms with Gasteiger partial charge in [-0.3, -0.25) is 4.98 Å². The van der Waals surface area contributed by atoms with Crippen LogP contribution in [0, 0.1) is 11.3 Å². The number of rotatable bonds is 4. The largest absolute Gasteiger partial charge is 0.496 e. The molecule has 0 bridgehead atoms. The molecule has 3 aromatic rings. The van der Waals surface area contributed by atoms with Gasteiger partial charge in [0.15, 0.2) is 0 Å². The van der Waals surface area contributed by atoms with E-state index in [2.05, 4.69) is 49.1 Å². The Labute approximate surface area is 206 Å². The van der Waals surface area contributed by atoms with Crippen molar-refractivity contribution in [3.05, 3.63) is 77.1 Å². The van der Waals surface area contributed by atoms with Gasteiger partial charge in [0.05, 0.1) is 36.6 Å². The quantitative estimate of drug-likeness (QED) is 0.591. The number of nitriles is 1. The summed E-state index contributed by atoms with van der Waals surface area (Å²) in [6.07, 6.45) is 4.41. The van der Waals surface area contributed by atoms with Crippen LogP contribution in [-0.2, 0) is 16.8 Å². The smallest absolute Gasteiger partial charge is 0.133 e. The van der Waals surface area contributed by atoms with Gasteiger partial charge in [0.25, 0.3) is 0 Å². The summed E-state index contributed by atoms with van der Waals surface area (Å²) in [7, 11) is 1.68. The fourth-order valence-electron chi connectivity index (χ4n) is 5.54. The lowest BCUT2D eigenvalue weighted by Crippen LogP contribution is -2.45. The van der Waals surface area contributed by atoms with Crippen LogP contribution in [0.25, 0.3) is 11.1 Å². The van der Waals surface area contributed by atoms with Crippen LogP contribution in [0.2, 0.25) is 0 Å². The van der Waals surface area contributed by atoms with E-state index < -0.39 is 5.60 Å². The highest BCUT2D eigenvalue weighted by Gasteiger charge is 2.39. The Morgan fingerprint density at radius 1 is 1.09 bits per heavy atom. The van der Waals surface area contributed by atoms with E-state index in [1.807, 2.05) is 18.3 Å². The summed E-state index contributed by atoms with van der Waals surface area (Å²) < 4.78 is 11.8. The molecule has 1 aromatic heterocycles. The fraction of sp³-hybridized carbons (Fsp3) is 0.379. The summed E-state index contributed by atoms with van der Waals surface area (Å²) in [6.45, 7) is 5.97. The molecule has 2 heterocycles. The van der Waals surface area contributed by atoms with E-state index >= 15 is 0 Å². The highest BCUT2D eigenvalue weighted by Crippen LogP contribution is 2.45. The van der Waals surface area contributed by atoms with Crippen LogP contribution < -0.4 is 9.64 Å². The summed E-state index contributed by atoms with van der Waals surface area (Å²) in [5.41, 5.74) is 4.83. The maximum absolute atomic E-state index is 11.7. The number of ether oxygens (including phenoxy) is 2. The van der Waals surface area contributed by atoms with Crippen molar-refractivity contribution < 1.29 is 14.6 Å². The zero-order valence-corrected chi connectivity index (χ0v) is 20.5. The maximum atomic E-state index is 11.7. The second-order valence-corrected chi connectivity index (χ2v) is 9.64. The molecule has 1 aliphatic heterocycles. The standard InChI is InChI=1S/C29H31N3O3/c1-19-17-32(18-20(2)35-19)24-12-8-22(9-13-24)26-16-31-28-25(27(26)34-3)5-4-14-29(28,33)23-10-6-21(15-30)7-11-23/h6-13,16,19-20,33H,4-5,14,17-18H2,1-3H3/t19-,20+,29?. The molecule has 5 rings (SSSR count). The Balaban J connectivity index is 1.50. The van der Waals surface area contributed by atoms with Gasteiger partial charge in [-0.05, 0) is 68.5 Å². The van der Waals surface area contributed by atoms with E-state index in [-0.39, 0.29) is 12.2 Å². The zero-order valence-electron chi connectivity index (χ0n) is 20.5. The van der Waals surface area contributed by atoms with Gasteiger partial charge in [0.2, 0.25) is 0 Å². The van der Waals surface area contributed by atoms with E-state index in [1.54, 1.807) is 19.2 Å². The monoisotopic (exact) mass is 469 g/mol. The van der Waals surface area contributed by atoms with Crippen molar-refractivity contribution in [2.45, 2.75) is 50.9 Å². The third-order valence-corrected chi connectivity index (χ3v) is 7.14. The van der Waals surface area contributed by atoms with Crippen molar-refractivity contribution in [1.29, 1.82) is 5.26 Å². The van der Waals surface area contributed by atoms with Crippen LogP contribution >= 0.6 is 0 Å². The number of benzene rings is 2. The van der Waals surface area contributed by atoms with Crippen molar-refractivity contribution in [3.8, 4) is 22.9 Å². The molecule has 0 radical (unpaired) electrons. The minimum absolute atomic E-state index is 0.207. The predicted octanol–water partition coefficient (Wildman–Crippen LogP) is 4.81. The lowest BCUT2D eigenvalue weighted by atomic mass is 9.77. The molecular weight excluding hydrogens is 438 g/mol. The first kappa shape index (κ1) is 23.3. The molecule has 0 saturated carbocycles. The number of fused-ring (bicyclic) bond motifs is 1. The number of methoxy groups -OCH3 is 1. The molecule has 1 N–H and O–H groups in total. The second-order valence-electron chi connectivity index (χ2n) is 9.64. The second kappa shape index (κ2) is 9.33. The summed E-state index contributed by atoms with van der Waals surface area (Å²) in [4.78, 5) is 7.15. The summed E-state index contributed by atoms with van der Waals surface area (Å²) in [6, 6.07) is 17.8. The number of aromatic nitrogens is 1. The Morgan fingerprint density at radius 3 is 2.40 bits per heavy atom. The molecule has 3 atom stereocenters. The molecule has 6 heteroatoms. The molecule has 2 aromatic carbocycles. The normalized spacial score (nSPS) is 23.9. The molecular formula is C29H31N3O3. The molecule has 35 heavy (non-hydrogen) atoms. The summed E-state index contributed by atoms with van der Waals surface area (Å²) >= 11 is 0. The van der Waals surface area contributed by atoms with Crippen molar-refractivity contribution in [2.24, 2.45) is 0 Å². The number of nitrogens with zero attached hydrogens (tertiary/aromatic N) is 3. The number of pyridine rings is 1. The number of hydrogen-bond acceptors (Lipinski definition) is 6. The van der Waals surface area contributed by atoms with Crippen molar-refractivity contribution in [1.82, 2.24) is 4.98 Å². The number of hydrogen-bond donors (Lipinski definition) is 1. The summed E-state index contributed by atoms with van der Waals surface area (Å²) in [5.74, 6) is 0.767. The van der Waals surface area contributed by atoms with Crippen LogP contribution in [0.1, 0.15) is 49.1 Å². The molecule has 6 nitrogen and oxygen atoms in total. The molecule has 1 unspecified atom stereocenters. The van der Waals surface area contributed by atoms with Gasteiger partial charge in [-0.1, -0.05) is 24.3 Å². The van der Waals surface area contributed by atoms with Gasteiger partial charge in [-0.15, -0.1) is 0 Å². The number of anilines is 1. The highest BCUT2D eigenvalue weighted by molar-refractivity contribution is 5.74. The van der Waals surface area contributed by atoms with E-state index in [1.165, 1.54) is 5.69 Å². The molecule has 0 spiro atoms. The van der Waals surface area contributed by atoms with Crippen molar-refractivity contribution >= 4 is 5.69 Å². The van der Waals surface area contributed by atoms with Gasteiger partial charge in [0.1, 0.15) is 11.4 Å². The van der Waals surface area contributed by atoms with E-state index in [0.29, 0.717) is 17.7 Å². The Morgan fingerprint density at radius 2 is 1.77 bits per heavy atom. The van der Waals surface area contributed by atoms with Gasteiger partial charge in [0, 0.05) is 36.1 Å². The number of aliphatic hydroxyl groups is 1. The van der Waals surface area contributed by atoms with E-state index in [9.17, 15) is 5.11 Å². The van der Waals surface area contributed by atoms with Crippen LogP contribution in [0.15, 0.2) is 54.7 Å². The highest BCUT2D eigenvalue weighted by atomic mass is 16.5. The van der Waals surface area contributed by atoms with Crippen molar-refractivity contribution in [3.63, 3.8) is 0 Å². The first-order chi connectivity index (χ1) is 16.9. The molecule has 1 saturated heterocycles. The Kier molecular flexibility index (Phi) is 6.22. The molecule has 0 amide bonds. The third kappa shape index (κ3) is 4.27. The minimum Gasteiger partial charge on any atom is -0.496 e. The lowest BCUT2D eigenvalue weighted by Gasteiger charge is -2.37. The molecule has 180 valence electrons. The lowest BCUT2D eigenvalue weighted by molar-refractivity contribution is -0.00521. The van der Waals surface area contributed by atoms with Gasteiger partial charge in [-0.25, -0.2) is 0 Å². The minimum atomic E-state index is -1.21. The average molecular weight is 470 g/mol. The van der Waals surface area contributed by atoms with Crippen LogP contribution in [0.3, 0.4) is 0 Å². The first-order valence-corrected chi connectivity index (χ1v) is 12.2. The maximum Gasteiger partial charge on any atom is 0.133 e. The van der Waals surface area contributed by atoms with Gasteiger partial charge < -0.3 is 19.5 Å². The van der Waals surface area contributed by atoms with Crippen molar-refractivity contribution in [2.75, 3.05) is 25.1 Å². The molecule has 1 aliphatic carbocycles. The van der Waals surface area contributed by atoms with Crippen LogP contribution in [0.4, 0.5) is 5.69 Å².